The summed E-state index contributed by atoms with van der Waals surface area (Å²) in [4.78, 5) is 21.6. The van der Waals surface area contributed by atoms with Gasteiger partial charge in [0.1, 0.15) is 0 Å². The predicted octanol–water partition coefficient (Wildman–Crippen LogP) is 3.85. The highest BCUT2D eigenvalue weighted by Gasteiger charge is 2.22. The Kier molecular flexibility index (Phi) is 7.04. The molecule has 2 atom stereocenters. The van der Waals surface area contributed by atoms with Crippen molar-refractivity contribution < 1.29 is 9.53 Å². The number of carbonyl (C=O) groups excluding carboxylic acids is 1. The van der Waals surface area contributed by atoms with Crippen LogP contribution in [-0.4, -0.2) is 54.7 Å². The minimum Gasteiger partial charge on any atom is -0.375 e. The van der Waals surface area contributed by atoms with E-state index in [1.807, 2.05) is 29.6 Å². The highest BCUT2D eigenvalue weighted by atomic mass is 32.1. The number of amides is 1. The third-order valence-corrected chi connectivity index (χ3v) is 5.59. The van der Waals surface area contributed by atoms with Crippen LogP contribution in [0.15, 0.2) is 29.6 Å². The first-order valence-corrected chi connectivity index (χ1v) is 10.8. The summed E-state index contributed by atoms with van der Waals surface area (Å²) in [7, 11) is 2.06. The van der Waals surface area contributed by atoms with E-state index in [2.05, 4.69) is 47.9 Å². The molecular formula is C21H30N4O2S. The average Bonchev–Trinajstić information content (AvgIpc) is 3.08. The van der Waals surface area contributed by atoms with Crippen LogP contribution in [0.3, 0.4) is 0 Å². The van der Waals surface area contributed by atoms with Gasteiger partial charge in [0.2, 0.25) is 0 Å². The van der Waals surface area contributed by atoms with Crippen molar-refractivity contribution in [3.63, 3.8) is 0 Å². The van der Waals surface area contributed by atoms with Crippen LogP contribution < -0.4 is 10.2 Å². The molecule has 7 heteroatoms. The maximum absolute atomic E-state index is 12.5. The molecule has 0 saturated carbocycles. The van der Waals surface area contributed by atoms with E-state index in [4.69, 9.17) is 4.74 Å². The summed E-state index contributed by atoms with van der Waals surface area (Å²) in [5.41, 5.74) is 2.74. The molecule has 2 unspecified atom stereocenters. The Morgan fingerprint density at radius 1 is 1.29 bits per heavy atom. The van der Waals surface area contributed by atoms with Crippen LogP contribution in [-0.2, 0) is 11.3 Å². The number of thiazole rings is 1. The molecule has 6 nitrogen and oxygen atoms in total. The van der Waals surface area contributed by atoms with Gasteiger partial charge in [0.15, 0.2) is 5.13 Å². The van der Waals surface area contributed by atoms with Crippen molar-refractivity contribution in [1.82, 2.24) is 9.88 Å². The summed E-state index contributed by atoms with van der Waals surface area (Å²) in [5.74, 6) is -0.126. The number of carbonyl (C=O) groups is 1. The molecule has 1 amide bonds. The van der Waals surface area contributed by atoms with Gasteiger partial charge in [-0.25, -0.2) is 4.98 Å². The molecule has 0 aliphatic carbocycles. The predicted molar refractivity (Wildman–Crippen MR) is 115 cm³/mol. The maximum Gasteiger partial charge on any atom is 0.257 e. The number of morpholine rings is 1. The van der Waals surface area contributed by atoms with Gasteiger partial charge in [0, 0.05) is 49.9 Å². The van der Waals surface area contributed by atoms with Crippen molar-refractivity contribution in [2.75, 3.05) is 36.9 Å². The topological polar surface area (TPSA) is 57.7 Å². The van der Waals surface area contributed by atoms with Crippen LogP contribution in [0.4, 0.5) is 10.8 Å². The van der Waals surface area contributed by atoms with E-state index in [1.54, 1.807) is 0 Å². The maximum atomic E-state index is 12.5. The highest BCUT2D eigenvalue weighted by molar-refractivity contribution is 7.13. The molecule has 1 aromatic heterocycles. The molecule has 2 aromatic rings. The fraction of sp³-hybridized carbons (Fsp3) is 0.524. The number of aromatic nitrogens is 1. The number of nitrogens with zero attached hydrogens (tertiary/aromatic N) is 3. The molecule has 0 radical (unpaired) electrons. The van der Waals surface area contributed by atoms with Crippen molar-refractivity contribution in [1.29, 1.82) is 0 Å². The van der Waals surface area contributed by atoms with Gasteiger partial charge in [0.25, 0.3) is 5.91 Å². The Bertz CT molecular complexity index is 767. The quantitative estimate of drug-likeness (QED) is 0.762. The van der Waals surface area contributed by atoms with Crippen molar-refractivity contribution in [3.05, 3.63) is 40.9 Å². The Balaban J connectivity index is 1.56. The van der Waals surface area contributed by atoms with E-state index < -0.39 is 0 Å². The van der Waals surface area contributed by atoms with E-state index in [-0.39, 0.29) is 18.1 Å². The molecule has 2 heterocycles. The number of nitrogens with one attached hydrogen (secondary N) is 1. The van der Waals surface area contributed by atoms with Crippen molar-refractivity contribution in [2.24, 2.45) is 0 Å². The Morgan fingerprint density at radius 3 is 2.61 bits per heavy atom. The van der Waals surface area contributed by atoms with Gasteiger partial charge in [-0.3, -0.25) is 15.0 Å². The second kappa shape index (κ2) is 9.49. The molecule has 0 bridgehead atoms. The van der Waals surface area contributed by atoms with E-state index in [1.165, 1.54) is 11.3 Å². The number of hydrogen-bond donors (Lipinski definition) is 1. The van der Waals surface area contributed by atoms with Gasteiger partial charge in [0.05, 0.1) is 17.9 Å². The summed E-state index contributed by atoms with van der Waals surface area (Å²) in [5, 5.41) is 5.58. The monoisotopic (exact) mass is 402 g/mol. The molecule has 1 aliphatic rings. The van der Waals surface area contributed by atoms with Gasteiger partial charge in [-0.05, 0) is 44.5 Å². The van der Waals surface area contributed by atoms with E-state index in [0.717, 1.165) is 44.0 Å². The van der Waals surface area contributed by atoms with Crippen LogP contribution in [0.25, 0.3) is 0 Å². The summed E-state index contributed by atoms with van der Waals surface area (Å²) >= 11 is 1.47. The van der Waals surface area contributed by atoms with Crippen molar-refractivity contribution in [3.8, 4) is 0 Å². The molecular weight excluding hydrogens is 372 g/mol. The third kappa shape index (κ3) is 5.53. The molecule has 28 heavy (non-hydrogen) atoms. The van der Waals surface area contributed by atoms with Gasteiger partial charge >= 0.3 is 0 Å². The number of anilines is 2. The summed E-state index contributed by atoms with van der Waals surface area (Å²) < 4.78 is 5.78. The number of ether oxygens (including phenoxy) is 1. The van der Waals surface area contributed by atoms with Gasteiger partial charge in [-0.15, -0.1) is 11.3 Å². The first-order valence-electron chi connectivity index (χ1n) is 9.89. The minimum absolute atomic E-state index is 0.126. The molecule has 1 N–H and O–H groups in total. The SMILES string of the molecule is CCCN(C)c1ccc(C(=O)Nc2nc(CN3CC(C)OC(C)C3)cs2)cc1. The molecule has 1 saturated heterocycles. The number of rotatable bonds is 7. The minimum atomic E-state index is -0.126. The van der Waals surface area contributed by atoms with Gasteiger partial charge in [-0.1, -0.05) is 6.92 Å². The summed E-state index contributed by atoms with van der Waals surface area (Å²) in [6.45, 7) is 9.93. The Hall–Kier alpha value is -1.96. The molecule has 1 aromatic carbocycles. The fourth-order valence-electron chi connectivity index (χ4n) is 3.58. The smallest absolute Gasteiger partial charge is 0.257 e. The number of hydrogen-bond acceptors (Lipinski definition) is 6. The summed E-state index contributed by atoms with van der Waals surface area (Å²) in [6, 6.07) is 7.70. The molecule has 1 fully saturated rings. The lowest BCUT2D eigenvalue weighted by atomic mass is 10.2. The lowest BCUT2D eigenvalue weighted by molar-refractivity contribution is -0.0707. The van der Waals surface area contributed by atoms with Crippen LogP contribution in [0.5, 0.6) is 0 Å². The molecule has 3 rings (SSSR count). The van der Waals surface area contributed by atoms with Crippen LogP contribution >= 0.6 is 11.3 Å². The van der Waals surface area contributed by atoms with Crippen molar-refractivity contribution >= 4 is 28.1 Å². The van der Waals surface area contributed by atoms with Crippen molar-refractivity contribution in [2.45, 2.75) is 45.9 Å². The highest BCUT2D eigenvalue weighted by Crippen LogP contribution is 2.21. The Morgan fingerprint density at radius 2 is 1.96 bits per heavy atom. The van der Waals surface area contributed by atoms with Gasteiger partial charge < -0.3 is 9.64 Å². The third-order valence-electron chi connectivity index (χ3n) is 4.78. The average molecular weight is 403 g/mol. The van der Waals surface area contributed by atoms with Crippen LogP contribution in [0.2, 0.25) is 0 Å². The van der Waals surface area contributed by atoms with Gasteiger partial charge in [-0.2, -0.15) is 0 Å². The zero-order valence-corrected chi connectivity index (χ0v) is 18.0. The second-order valence-corrected chi connectivity index (χ2v) is 8.38. The summed E-state index contributed by atoms with van der Waals surface area (Å²) in [6.07, 6.45) is 1.56. The van der Waals surface area contributed by atoms with E-state index >= 15 is 0 Å². The normalized spacial score (nSPS) is 20.1. The van der Waals surface area contributed by atoms with Crippen LogP contribution in [0.1, 0.15) is 43.2 Å². The lowest BCUT2D eigenvalue weighted by Crippen LogP contribution is -2.44. The van der Waals surface area contributed by atoms with E-state index in [9.17, 15) is 4.79 Å². The number of benzene rings is 1. The second-order valence-electron chi connectivity index (χ2n) is 7.52. The molecule has 1 aliphatic heterocycles. The zero-order chi connectivity index (χ0) is 20.1. The first kappa shape index (κ1) is 20.8. The fourth-order valence-corrected chi connectivity index (χ4v) is 4.28. The molecule has 0 spiro atoms. The standard InChI is InChI=1S/C21H30N4O2S/c1-5-10-24(4)19-8-6-17(7-9-19)20(26)23-21-22-18(14-28-21)13-25-11-15(2)27-16(3)12-25/h6-9,14-16H,5,10-13H2,1-4H3,(H,22,23,26). The lowest BCUT2D eigenvalue weighted by Gasteiger charge is -2.34. The molecule has 152 valence electrons. The first-order chi connectivity index (χ1) is 13.4. The van der Waals surface area contributed by atoms with E-state index in [0.29, 0.717) is 10.7 Å². The largest absolute Gasteiger partial charge is 0.375 e. The zero-order valence-electron chi connectivity index (χ0n) is 17.1. The van der Waals surface area contributed by atoms with Crippen LogP contribution in [0, 0.1) is 0 Å². The Labute approximate surface area is 171 Å².